The Hall–Kier alpha value is -1.08. The van der Waals surface area contributed by atoms with Gasteiger partial charge in [0.15, 0.2) is 0 Å². The van der Waals surface area contributed by atoms with Gasteiger partial charge in [0, 0.05) is 0 Å². The highest BCUT2D eigenvalue weighted by molar-refractivity contribution is 5.70. The van der Waals surface area contributed by atoms with Gasteiger partial charge in [-0.05, 0) is 6.42 Å². The summed E-state index contributed by atoms with van der Waals surface area (Å²) in [6.45, 7) is 1.67. The Bertz CT molecular complexity index is 173. The lowest BCUT2D eigenvalue weighted by molar-refractivity contribution is -0.145. The molecule has 0 spiro atoms. The molecule has 2 atom stereocenters. The Morgan fingerprint density at radius 3 is 2.55 bits per heavy atom. The molecule has 4 nitrogen and oxygen atoms in total. The molecule has 0 aliphatic rings. The van der Waals surface area contributed by atoms with Crippen LogP contribution in [0.3, 0.4) is 0 Å². The molecular weight excluding hydrogens is 146 g/mol. The molecule has 0 heterocycles. The van der Waals surface area contributed by atoms with Crippen LogP contribution in [0.1, 0.15) is 19.8 Å². The predicted octanol–water partition coefficient (Wildman–Crippen LogP) is 0.372. The average molecular weight is 157 g/mol. The Morgan fingerprint density at radius 2 is 2.27 bits per heavy atom. The van der Waals surface area contributed by atoms with Crippen molar-refractivity contribution < 1.29 is 15.0 Å². The van der Waals surface area contributed by atoms with E-state index < -0.39 is 18.0 Å². The summed E-state index contributed by atoms with van der Waals surface area (Å²) in [6, 6.07) is 1.72. The Morgan fingerprint density at radius 1 is 1.73 bits per heavy atom. The summed E-state index contributed by atoms with van der Waals surface area (Å²) in [5, 5.41) is 25.7. The zero-order valence-electron chi connectivity index (χ0n) is 6.32. The highest BCUT2D eigenvalue weighted by Crippen LogP contribution is 2.11. The van der Waals surface area contributed by atoms with Crippen molar-refractivity contribution in [2.24, 2.45) is 5.92 Å². The topological polar surface area (TPSA) is 81.3 Å². The number of rotatable bonds is 4. The van der Waals surface area contributed by atoms with Crippen molar-refractivity contribution >= 4 is 5.97 Å². The standard InChI is InChI=1S/C7H11NO3/c1-2-5(7(10)11)6(9)3-4-8/h5-6,9H,2-3H2,1H3,(H,10,11)/t5?,6-/m1/s1. The summed E-state index contributed by atoms with van der Waals surface area (Å²) < 4.78 is 0. The molecule has 0 bridgehead atoms. The van der Waals surface area contributed by atoms with Gasteiger partial charge in [0.25, 0.3) is 0 Å². The van der Waals surface area contributed by atoms with E-state index in [9.17, 15) is 4.79 Å². The van der Waals surface area contributed by atoms with Gasteiger partial charge in [-0.3, -0.25) is 4.79 Å². The minimum absolute atomic E-state index is 0.120. The number of hydrogen-bond donors (Lipinski definition) is 2. The van der Waals surface area contributed by atoms with Gasteiger partial charge in [0.05, 0.1) is 24.5 Å². The van der Waals surface area contributed by atoms with Gasteiger partial charge < -0.3 is 10.2 Å². The van der Waals surface area contributed by atoms with E-state index in [1.54, 1.807) is 13.0 Å². The highest BCUT2D eigenvalue weighted by Gasteiger charge is 2.23. The molecule has 2 N–H and O–H groups in total. The molecule has 1 unspecified atom stereocenters. The number of carboxylic acid groups (broad SMARTS) is 1. The maximum Gasteiger partial charge on any atom is 0.309 e. The van der Waals surface area contributed by atoms with Crippen molar-refractivity contribution in [2.45, 2.75) is 25.9 Å². The number of carboxylic acids is 1. The number of carbonyl (C=O) groups is 1. The summed E-state index contributed by atoms with van der Waals surface area (Å²) in [4.78, 5) is 10.4. The smallest absolute Gasteiger partial charge is 0.309 e. The van der Waals surface area contributed by atoms with E-state index in [-0.39, 0.29) is 6.42 Å². The second-order valence-electron chi connectivity index (χ2n) is 2.28. The molecule has 62 valence electrons. The highest BCUT2D eigenvalue weighted by atomic mass is 16.4. The molecule has 4 heteroatoms. The zero-order chi connectivity index (χ0) is 8.85. The SMILES string of the molecule is CCC(C(=O)O)[C@H](O)CC#N. The second-order valence-corrected chi connectivity index (χ2v) is 2.28. The summed E-state index contributed by atoms with van der Waals surface area (Å²) >= 11 is 0. The number of nitriles is 1. The van der Waals surface area contributed by atoms with Gasteiger partial charge in [-0.2, -0.15) is 5.26 Å². The first-order chi connectivity index (χ1) is 5.13. The van der Waals surface area contributed by atoms with Gasteiger partial charge >= 0.3 is 5.97 Å². The third kappa shape index (κ3) is 3.01. The average Bonchev–Trinajstić information content (AvgIpc) is 1.88. The van der Waals surface area contributed by atoms with E-state index in [0.29, 0.717) is 6.42 Å². The number of nitrogens with zero attached hydrogens (tertiary/aromatic N) is 1. The maximum atomic E-state index is 10.4. The predicted molar refractivity (Wildman–Crippen MR) is 37.7 cm³/mol. The van der Waals surface area contributed by atoms with E-state index in [2.05, 4.69) is 0 Å². The molecule has 0 radical (unpaired) electrons. The first-order valence-corrected chi connectivity index (χ1v) is 3.41. The molecule has 0 fully saturated rings. The summed E-state index contributed by atoms with van der Waals surface area (Å²) in [5.41, 5.74) is 0. The second kappa shape index (κ2) is 4.69. The summed E-state index contributed by atoms with van der Waals surface area (Å²) in [5.74, 6) is -1.86. The van der Waals surface area contributed by atoms with Crippen LogP contribution in [0.4, 0.5) is 0 Å². The maximum absolute atomic E-state index is 10.4. The van der Waals surface area contributed by atoms with E-state index in [1.165, 1.54) is 0 Å². The van der Waals surface area contributed by atoms with Crippen molar-refractivity contribution in [1.82, 2.24) is 0 Å². The van der Waals surface area contributed by atoms with Gasteiger partial charge in [0.2, 0.25) is 0 Å². The van der Waals surface area contributed by atoms with Crippen molar-refractivity contribution in [1.29, 1.82) is 5.26 Å². The lowest BCUT2D eigenvalue weighted by atomic mass is 9.98. The monoisotopic (exact) mass is 157 g/mol. The Kier molecular flexibility index (Phi) is 4.23. The van der Waals surface area contributed by atoms with Crippen LogP contribution in [0.25, 0.3) is 0 Å². The van der Waals surface area contributed by atoms with E-state index in [4.69, 9.17) is 15.5 Å². The largest absolute Gasteiger partial charge is 0.481 e. The quantitative estimate of drug-likeness (QED) is 0.617. The summed E-state index contributed by atoms with van der Waals surface area (Å²) in [7, 11) is 0. The molecule has 0 rings (SSSR count). The van der Waals surface area contributed by atoms with Crippen LogP contribution in [0.15, 0.2) is 0 Å². The fraction of sp³-hybridized carbons (Fsp3) is 0.714. The van der Waals surface area contributed by atoms with Crippen molar-refractivity contribution in [3.63, 3.8) is 0 Å². The third-order valence-corrected chi connectivity index (χ3v) is 1.52. The van der Waals surface area contributed by atoms with Crippen molar-refractivity contribution in [2.75, 3.05) is 0 Å². The van der Waals surface area contributed by atoms with Crippen LogP contribution in [-0.4, -0.2) is 22.3 Å². The minimum atomic E-state index is -1.05. The van der Waals surface area contributed by atoms with Crippen LogP contribution in [0.5, 0.6) is 0 Å². The molecule has 0 aliphatic carbocycles. The Balaban J connectivity index is 4.04. The van der Waals surface area contributed by atoms with Gasteiger partial charge in [-0.15, -0.1) is 0 Å². The third-order valence-electron chi connectivity index (χ3n) is 1.52. The van der Waals surface area contributed by atoms with Crippen molar-refractivity contribution in [3.8, 4) is 6.07 Å². The summed E-state index contributed by atoms with van der Waals surface area (Å²) in [6.07, 6.45) is -0.814. The molecule has 0 aromatic rings. The number of aliphatic carboxylic acids is 1. The van der Waals surface area contributed by atoms with Crippen molar-refractivity contribution in [3.05, 3.63) is 0 Å². The minimum Gasteiger partial charge on any atom is -0.481 e. The lowest BCUT2D eigenvalue weighted by Gasteiger charge is -2.13. The van der Waals surface area contributed by atoms with Gasteiger partial charge in [0.1, 0.15) is 0 Å². The molecule has 11 heavy (non-hydrogen) atoms. The van der Waals surface area contributed by atoms with E-state index in [0.717, 1.165) is 0 Å². The van der Waals surface area contributed by atoms with Crippen LogP contribution in [0, 0.1) is 17.2 Å². The lowest BCUT2D eigenvalue weighted by Crippen LogP contribution is -2.26. The fourth-order valence-corrected chi connectivity index (χ4v) is 0.847. The fourth-order valence-electron chi connectivity index (χ4n) is 0.847. The number of aliphatic hydroxyl groups is 1. The van der Waals surface area contributed by atoms with Crippen LogP contribution in [-0.2, 0) is 4.79 Å². The molecule has 0 saturated heterocycles. The zero-order valence-corrected chi connectivity index (χ0v) is 6.32. The van der Waals surface area contributed by atoms with Crippen LogP contribution in [0.2, 0.25) is 0 Å². The van der Waals surface area contributed by atoms with E-state index >= 15 is 0 Å². The van der Waals surface area contributed by atoms with Gasteiger partial charge in [-0.25, -0.2) is 0 Å². The molecule has 0 aromatic heterocycles. The van der Waals surface area contributed by atoms with Crippen LogP contribution >= 0.6 is 0 Å². The van der Waals surface area contributed by atoms with Crippen LogP contribution < -0.4 is 0 Å². The number of aliphatic hydroxyl groups excluding tert-OH is 1. The Labute approximate surface area is 65.1 Å². The first kappa shape index (κ1) is 9.92. The molecule has 0 aliphatic heterocycles. The number of hydrogen-bond acceptors (Lipinski definition) is 3. The molecule has 0 amide bonds. The molecule has 0 aromatic carbocycles. The first-order valence-electron chi connectivity index (χ1n) is 3.41. The molecule has 0 saturated carbocycles. The van der Waals surface area contributed by atoms with Gasteiger partial charge in [-0.1, -0.05) is 6.92 Å². The normalized spacial score (nSPS) is 15.0. The van der Waals surface area contributed by atoms with E-state index in [1.807, 2.05) is 0 Å². The molecular formula is C7H11NO3.